The third-order valence-electron chi connectivity index (χ3n) is 4.28. The summed E-state index contributed by atoms with van der Waals surface area (Å²) in [6.45, 7) is 3.11. The largest absolute Gasteiger partial charge is 0.478 e. The fraction of sp³-hybridized carbons (Fsp3) is 0.600. The number of carbonyl (C=O) groups is 1. The third-order valence-corrected chi connectivity index (χ3v) is 5.85. The van der Waals surface area contributed by atoms with Crippen molar-refractivity contribution in [2.75, 3.05) is 6.54 Å². The summed E-state index contributed by atoms with van der Waals surface area (Å²) in [5.74, 6) is -0.962. The molecule has 0 radical (unpaired) electrons. The zero-order chi connectivity index (χ0) is 17.2. The fourth-order valence-corrected chi connectivity index (χ4v) is 4.55. The van der Waals surface area contributed by atoms with Gasteiger partial charge in [0.2, 0.25) is 10.0 Å². The molecule has 0 amide bonds. The number of nitrogens with zero attached hydrogens (tertiary/aromatic N) is 1. The summed E-state index contributed by atoms with van der Waals surface area (Å²) in [4.78, 5) is 11.0. The van der Waals surface area contributed by atoms with Gasteiger partial charge in [0.25, 0.3) is 0 Å². The molecule has 0 aliphatic heterocycles. The predicted molar refractivity (Wildman–Crippen MR) is 81.4 cm³/mol. The van der Waals surface area contributed by atoms with E-state index < -0.39 is 16.0 Å². The summed E-state index contributed by atoms with van der Waals surface area (Å²) in [6.07, 6.45) is 3.12. The van der Waals surface area contributed by atoms with Gasteiger partial charge >= 0.3 is 5.97 Å². The second-order valence-corrected chi connectivity index (χ2v) is 7.63. The van der Waals surface area contributed by atoms with E-state index in [2.05, 4.69) is 10.8 Å². The van der Waals surface area contributed by atoms with Crippen LogP contribution in [0.25, 0.3) is 0 Å². The highest BCUT2D eigenvalue weighted by molar-refractivity contribution is 7.89. The molecule has 0 bridgehead atoms. The van der Waals surface area contributed by atoms with E-state index in [1.54, 1.807) is 0 Å². The van der Waals surface area contributed by atoms with E-state index in [1.165, 1.54) is 13.8 Å². The quantitative estimate of drug-likeness (QED) is 0.847. The predicted octanol–water partition coefficient (Wildman–Crippen LogP) is 2.20. The molecule has 2 rings (SSSR count). The zero-order valence-corrected chi connectivity index (χ0v) is 13.9. The van der Waals surface area contributed by atoms with Crippen molar-refractivity contribution in [1.29, 1.82) is 5.26 Å². The molecule has 8 heteroatoms. The maximum Gasteiger partial charge on any atom is 0.340 e. The Balaban J connectivity index is 2.12. The van der Waals surface area contributed by atoms with Gasteiger partial charge in [-0.15, -0.1) is 0 Å². The second-order valence-electron chi connectivity index (χ2n) is 5.92. The van der Waals surface area contributed by atoms with Gasteiger partial charge in [-0.25, -0.2) is 17.9 Å². The van der Waals surface area contributed by atoms with E-state index in [1.807, 2.05) is 0 Å². The lowest BCUT2D eigenvalue weighted by atomic mass is 9.83. The molecule has 2 N–H and O–H groups in total. The smallest absolute Gasteiger partial charge is 0.340 e. The Bertz CT molecular complexity index is 737. The van der Waals surface area contributed by atoms with Gasteiger partial charge in [0, 0.05) is 12.5 Å². The van der Waals surface area contributed by atoms with Gasteiger partial charge in [0.1, 0.15) is 22.0 Å². The molecule has 1 aromatic rings. The molecule has 0 unspecified atom stereocenters. The molecule has 1 aliphatic rings. The first-order chi connectivity index (χ1) is 10.8. The van der Waals surface area contributed by atoms with E-state index in [-0.39, 0.29) is 40.4 Å². The standard InChI is InChI=1S/C15H20N2O5S/c1-9-13(15(18)19)14(10(2)22-9)23(20,21)17-8-12-5-3-11(7-16)4-6-12/h11-12,17H,3-6,8H2,1-2H3,(H,18,19). The maximum absolute atomic E-state index is 12.5. The first-order valence-electron chi connectivity index (χ1n) is 7.48. The first kappa shape index (κ1) is 17.5. The first-order valence-corrected chi connectivity index (χ1v) is 8.97. The number of furan rings is 1. The summed E-state index contributed by atoms with van der Waals surface area (Å²) >= 11 is 0. The molecule has 7 nitrogen and oxygen atoms in total. The Morgan fingerprint density at radius 1 is 1.30 bits per heavy atom. The molecule has 1 saturated carbocycles. The Hall–Kier alpha value is -1.85. The molecule has 1 aliphatic carbocycles. The fourth-order valence-electron chi connectivity index (χ4n) is 3.03. The normalized spacial score (nSPS) is 21.8. The lowest BCUT2D eigenvalue weighted by Gasteiger charge is -2.24. The average Bonchev–Trinajstić information content (AvgIpc) is 2.81. The minimum Gasteiger partial charge on any atom is -0.478 e. The topological polar surface area (TPSA) is 120 Å². The van der Waals surface area contributed by atoms with Crippen molar-refractivity contribution < 1.29 is 22.7 Å². The summed E-state index contributed by atoms with van der Waals surface area (Å²) in [5.41, 5.74) is -0.316. The van der Waals surface area contributed by atoms with Crippen LogP contribution in [0.4, 0.5) is 0 Å². The van der Waals surface area contributed by atoms with Crippen molar-refractivity contribution in [3.63, 3.8) is 0 Å². The van der Waals surface area contributed by atoms with Crippen molar-refractivity contribution in [3.05, 3.63) is 17.1 Å². The van der Waals surface area contributed by atoms with Crippen LogP contribution in [0.2, 0.25) is 0 Å². The highest BCUT2D eigenvalue weighted by Gasteiger charge is 2.31. The number of nitrogens with one attached hydrogen (secondary N) is 1. The van der Waals surface area contributed by atoms with E-state index in [0.717, 1.165) is 25.7 Å². The summed E-state index contributed by atoms with van der Waals surface area (Å²) in [7, 11) is -3.95. The van der Waals surface area contributed by atoms with Gasteiger partial charge in [0.15, 0.2) is 0 Å². The summed E-state index contributed by atoms with van der Waals surface area (Å²) in [6, 6.07) is 2.24. The van der Waals surface area contributed by atoms with Gasteiger partial charge in [-0.2, -0.15) is 5.26 Å². The van der Waals surface area contributed by atoms with Crippen LogP contribution in [-0.4, -0.2) is 26.0 Å². The van der Waals surface area contributed by atoms with Crippen molar-refractivity contribution in [2.24, 2.45) is 11.8 Å². The second kappa shape index (κ2) is 6.72. The Morgan fingerprint density at radius 3 is 2.43 bits per heavy atom. The average molecular weight is 340 g/mol. The summed E-state index contributed by atoms with van der Waals surface area (Å²) in [5, 5.41) is 18.1. The molecule has 23 heavy (non-hydrogen) atoms. The van der Waals surface area contributed by atoms with Crippen molar-refractivity contribution >= 4 is 16.0 Å². The number of hydrogen-bond donors (Lipinski definition) is 2. The number of hydrogen-bond acceptors (Lipinski definition) is 5. The van der Waals surface area contributed by atoms with Gasteiger partial charge in [-0.1, -0.05) is 0 Å². The van der Waals surface area contributed by atoms with Gasteiger partial charge in [0.05, 0.1) is 6.07 Å². The number of aryl methyl sites for hydroxylation is 2. The SMILES string of the molecule is Cc1oc(C)c(S(=O)(=O)NCC2CCC(C#N)CC2)c1C(=O)O. The molecule has 0 saturated heterocycles. The summed E-state index contributed by atoms with van der Waals surface area (Å²) < 4.78 is 32.6. The van der Waals surface area contributed by atoms with Crippen molar-refractivity contribution in [1.82, 2.24) is 4.72 Å². The molecule has 0 spiro atoms. The van der Waals surface area contributed by atoms with Crippen LogP contribution in [0.15, 0.2) is 9.31 Å². The van der Waals surface area contributed by atoms with Crippen molar-refractivity contribution in [2.45, 2.75) is 44.4 Å². The molecule has 1 aromatic heterocycles. The molecule has 1 heterocycles. The molecular formula is C15H20N2O5S. The van der Waals surface area contributed by atoms with Crippen LogP contribution >= 0.6 is 0 Å². The van der Waals surface area contributed by atoms with Crippen LogP contribution in [-0.2, 0) is 10.0 Å². The van der Waals surface area contributed by atoms with E-state index in [4.69, 9.17) is 9.68 Å². The van der Waals surface area contributed by atoms with E-state index >= 15 is 0 Å². The molecule has 0 atom stereocenters. The van der Waals surface area contributed by atoms with Crippen LogP contribution in [0.3, 0.4) is 0 Å². The van der Waals surface area contributed by atoms with Crippen LogP contribution in [0, 0.1) is 37.0 Å². The zero-order valence-electron chi connectivity index (χ0n) is 13.1. The monoisotopic (exact) mass is 340 g/mol. The van der Waals surface area contributed by atoms with Crippen LogP contribution in [0.5, 0.6) is 0 Å². The molecule has 0 aromatic carbocycles. The number of sulfonamides is 1. The number of nitriles is 1. The lowest BCUT2D eigenvalue weighted by molar-refractivity contribution is 0.0691. The van der Waals surface area contributed by atoms with Gasteiger partial charge < -0.3 is 9.52 Å². The van der Waals surface area contributed by atoms with E-state index in [9.17, 15) is 18.3 Å². The maximum atomic E-state index is 12.5. The van der Waals surface area contributed by atoms with Crippen LogP contribution < -0.4 is 4.72 Å². The lowest BCUT2D eigenvalue weighted by Crippen LogP contribution is -2.32. The highest BCUT2D eigenvalue weighted by atomic mass is 32.2. The van der Waals surface area contributed by atoms with Crippen molar-refractivity contribution in [3.8, 4) is 6.07 Å². The minimum absolute atomic E-state index is 0.0558. The Morgan fingerprint density at radius 2 is 1.91 bits per heavy atom. The van der Waals surface area contributed by atoms with E-state index in [0.29, 0.717) is 0 Å². The number of carboxylic acids is 1. The number of carboxylic acid groups (broad SMARTS) is 1. The number of aromatic carboxylic acids is 1. The highest BCUT2D eigenvalue weighted by Crippen LogP contribution is 2.29. The third kappa shape index (κ3) is 3.74. The Labute approximate surface area is 135 Å². The molecule has 126 valence electrons. The Kier molecular flexibility index (Phi) is 5.12. The van der Waals surface area contributed by atoms with Crippen LogP contribution in [0.1, 0.15) is 47.6 Å². The number of rotatable bonds is 5. The molecule has 1 fully saturated rings. The molecular weight excluding hydrogens is 320 g/mol. The minimum atomic E-state index is -3.95. The van der Waals surface area contributed by atoms with Gasteiger partial charge in [-0.3, -0.25) is 0 Å². The van der Waals surface area contributed by atoms with Gasteiger partial charge in [-0.05, 0) is 45.4 Å².